The molecule has 0 aliphatic carbocycles. The molecule has 3 rings (SSSR count). The standard InChI is InChI=1S/C19H15Cl2F3N2O2/c1-11-17(27)26(16-7-6-14(20)10-15(16)21)9-8-25(11)18(28)12-2-4-13(5-3-12)19(22,23)24/h2-7,10-11H,8-9H2,1H3. The van der Waals surface area contributed by atoms with E-state index in [-0.39, 0.29) is 24.6 Å². The van der Waals surface area contributed by atoms with Gasteiger partial charge in [0, 0.05) is 23.7 Å². The molecule has 0 N–H and O–H groups in total. The van der Waals surface area contributed by atoms with Crippen LogP contribution in [-0.2, 0) is 11.0 Å². The van der Waals surface area contributed by atoms with Gasteiger partial charge in [0.1, 0.15) is 6.04 Å². The Balaban J connectivity index is 1.79. The quantitative estimate of drug-likeness (QED) is 0.680. The van der Waals surface area contributed by atoms with E-state index in [2.05, 4.69) is 0 Å². The van der Waals surface area contributed by atoms with Crippen LogP contribution in [0.4, 0.5) is 18.9 Å². The predicted octanol–water partition coefficient (Wildman–Crippen LogP) is 4.89. The van der Waals surface area contributed by atoms with Gasteiger partial charge in [0.15, 0.2) is 0 Å². The van der Waals surface area contributed by atoms with E-state index in [4.69, 9.17) is 23.2 Å². The lowest BCUT2D eigenvalue weighted by atomic mass is 10.1. The van der Waals surface area contributed by atoms with Crippen LogP contribution < -0.4 is 4.90 Å². The van der Waals surface area contributed by atoms with E-state index >= 15 is 0 Å². The molecule has 1 fully saturated rings. The first-order chi connectivity index (χ1) is 13.1. The van der Waals surface area contributed by atoms with E-state index < -0.39 is 23.7 Å². The fourth-order valence-corrected chi connectivity index (χ4v) is 3.57. The zero-order valence-electron chi connectivity index (χ0n) is 14.6. The number of carbonyl (C=O) groups excluding carboxylic acids is 2. The Morgan fingerprint density at radius 3 is 2.29 bits per heavy atom. The van der Waals surface area contributed by atoms with Crippen LogP contribution in [0.3, 0.4) is 0 Å². The summed E-state index contributed by atoms with van der Waals surface area (Å²) in [5.74, 6) is -0.841. The monoisotopic (exact) mass is 430 g/mol. The minimum atomic E-state index is -4.48. The summed E-state index contributed by atoms with van der Waals surface area (Å²) in [4.78, 5) is 28.3. The molecule has 2 aromatic carbocycles. The van der Waals surface area contributed by atoms with Crippen LogP contribution in [0.2, 0.25) is 10.0 Å². The second-order valence-corrected chi connectivity index (χ2v) is 7.18. The van der Waals surface area contributed by atoms with Crippen molar-refractivity contribution in [2.24, 2.45) is 0 Å². The maximum Gasteiger partial charge on any atom is 0.416 e. The molecule has 0 spiro atoms. The average Bonchev–Trinajstić information content (AvgIpc) is 2.63. The van der Waals surface area contributed by atoms with Gasteiger partial charge in [0.05, 0.1) is 16.3 Å². The third-order valence-electron chi connectivity index (χ3n) is 4.58. The molecule has 0 aromatic heterocycles. The summed E-state index contributed by atoms with van der Waals surface area (Å²) in [5.41, 5.74) is -0.259. The highest BCUT2D eigenvalue weighted by Gasteiger charge is 2.36. The number of rotatable bonds is 2. The maximum atomic E-state index is 12.8. The minimum absolute atomic E-state index is 0.0885. The molecule has 0 saturated carbocycles. The van der Waals surface area contributed by atoms with E-state index in [0.29, 0.717) is 15.7 Å². The Hall–Kier alpha value is -2.25. The Morgan fingerprint density at radius 2 is 1.71 bits per heavy atom. The molecule has 1 aliphatic heterocycles. The van der Waals surface area contributed by atoms with Gasteiger partial charge in [0.2, 0.25) is 5.91 Å². The number of halogens is 5. The van der Waals surface area contributed by atoms with Crippen molar-refractivity contribution in [2.45, 2.75) is 19.1 Å². The van der Waals surface area contributed by atoms with Crippen LogP contribution in [-0.4, -0.2) is 35.8 Å². The molecule has 0 radical (unpaired) electrons. The first-order valence-corrected chi connectivity index (χ1v) is 9.10. The van der Waals surface area contributed by atoms with Crippen molar-refractivity contribution < 1.29 is 22.8 Å². The largest absolute Gasteiger partial charge is 0.416 e. The van der Waals surface area contributed by atoms with E-state index in [9.17, 15) is 22.8 Å². The lowest BCUT2D eigenvalue weighted by molar-refractivity contribution is -0.137. The third kappa shape index (κ3) is 3.95. The second kappa shape index (κ2) is 7.64. The van der Waals surface area contributed by atoms with Crippen molar-refractivity contribution >= 4 is 40.7 Å². The molecule has 0 bridgehead atoms. The average molecular weight is 431 g/mol. The zero-order valence-corrected chi connectivity index (χ0v) is 16.1. The molecule has 1 atom stereocenters. The molecule has 2 aromatic rings. The summed E-state index contributed by atoms with van der Waals surface area (Å²) in [6, 6.07) is 7.90. The van der Waals surface area contributed by atoms with Gasteiger partial charge in [-0.3, -0.25) is 9.59 Å². The fraction of sp³-hybridized carbons (Fsp3) is 0.263. The Labute approximate surface area is 169 Å². The summed E-state index contributed by atoms with van der Waals surface area (Å²) < 4.78 is 38.1. The van der Waals surface area contributed by atoms with Crippen LogP contribution >= 0.6 is 23.2 Å². The van der Waals surface area contributed by atoms with E-state index in [1.165, 1.54) is 15.9 Å². The van der Waals surface area contributed by atoms with Crippen molar-refractivity contribution in [1.29, 1.82) is 0 Å². The number of hydrogen-bond donors (Lipinski definition) is 0. The normalized spacial score (nSPS) is 17.8. The molecule has 9 heteroatoms. The molecule has 2 amide bonds. The summed E-state index contributed by atoms with van der Waals surface area (Å²) in [6.07, 6.45) is -4.48. The van der Waals surface area contributed by atoms with Gasteiger partial charge in [0.25, 0.3) is 5.91 Å². The number of carbonyl (C=O) groups is 2. The van der Waals surface area contributed by atoms with Crippen LogP contribution in [0.5, 0.6) is 0 Å². The van der Waals surface area contributed by atoms with Crippen LogP contribution in [0.25, 0.3) is 0 Å². The van der Waals surface area contributed by atoms with Gasteiger partial charge in [-0.25, -0.2) is 0 Å². The lowest BCUT2D eigenvalue weighted by Crippen LogP contribution is -2.57. The Kier molecular flexibility index (Phi) is 5.59. The summed E-state index contributed by atoms with van der Waals surface area (Å²) in [7, 11) is 0. The number of hydrogen-bond acceptors (Lipinski definition) is 2. The molecule has 1 unspecified atom stereocenters. The predicted molar refractivity (Wildman–Crippen MR) is 101 cm³/mol. The van der Waals surface area contributed by atoms with Gasteiger partial charge in [-0.05, 0) is 49.4 Å². The minimum Gasteiger partial charge on any atom is -0.325 e. The van der Waals surface area contributed by atoms with E-state index in [1.54, 1.807) is 19.1 Å². The summed E-state index contributed by atoms with van der Waals surface area (Å²) in [5, 5.41) is 0.751. The number of nitrogens with zero attached hydrogens (tertiary/aromatic N) is 2. The summed E-state index contributed by atoms with van der Waals surface area (Å²) in [6.45, 7) is 1.99. The van der Waals surface area contributed by atoms with Gasteiger partial charge in [-0.1, -0.05) is 23.2 Å². The summed E-state index contributed by atoms with van der Waals surface area (Å²) >= 11 is 12.1. The lowest BCUT2D eigenvalue weighted by Gasteiger charge is -2.39. The molecular formula is C19H15Cl2F3N2O2. The number of piperazine rings is 1. The number of alkyl halides is 3. The first-order valence-electron chi connectivity index (χ1n) is 8.34. The highest BCUT2D eigenvalue weighted by Crippen LogP contribution is 2.32. The number of amides is 2. The highest BCUT2D eigenvalue weighted by atomic mass is 35.5. The Morgan fingerprint density at radius 1 is 1.07 bits per heavy atom. The number of anilines is 1. The molecule has 4 nitrogen and oxygen atoms in total. The van der Waals surface area contributed by atoms with Crippen LogP contribution in [0.1, 0.15) is 22.8 Å². The van der Waals surface area contributed by atoms with Crippen molar-refractivity contribution in [3.8, 4) is 0 Å². The van der Waals surface area contributed by atoms with Gasteiger partial charge in [-0.2, -0.15) is 13.2 Å². The number of benzene rings is 2. The molecule has 148 valence electrons. The van der Waals surface area contributed by atoms with Gasteiger partial charge >= 0.3 is 6.18 Å². The molecule has 1 heterocycles. The van der Waals surface area contributed by atoms with Gasteiger partial charge in [-0.15, -0.1) is 0 Å². The van der Waals surface area contributed by atoms with E-state index in [0.717, 1.165) is 24.3 Å². The van der Waals surface area contributed by atoms with E-state index in [1.807, 2.05) is 0 Å². The smallest absolute Gasteiger partial charge is 0.325 e. The molecule has 1 aliphatic rings. The third-order valence-corrected chi connectivity index (χ3v) is 5.11. The van der Waals surface area contributed by atoms with Crippen LogP contribution in [0, 0.1) is 0 Å². The molecule has 1 saturated heterocycles. The van der Waals surface area contributed by atoms with Gasteiger partial charge < -0.3 is 9.80 Å². The van der Waals surface area contributed by atoms with Crippen LogP contribution in [0.15, 0.2) is 42.5 Å². The van der Waals surface area contributed by atoms with Crippen molar-refractivity contribution in [1.82, 2.24) is 4.90 Å². The highest BCUT2D eigenvalue weighted by molar-refractivity contribution is 6.36. The maximum absolute atomic E-state index is 12.8. The topological polar surface area (TPSA) is 40.6 Å². The zero-order chi connectivity index (χ0) is 20.6. The first kappa shape index (κ1) is 20.5. The van der Waals surface area contributed by atoms with Crippen molar-refractivity contribution in [3.05, 3.63) is 63.6 Å². The molecular weight excluding hydrogens is 416 g/mol. The van der Waals surface area contributed by atoms with Crippen molar-refractivity contribution in [2.75, 3.05) is 18.0 Å². The Bertz CT molecular complexity index is 916. The molecule has 28 heavy (non-hydrogen) atoms. The fourth-order valence-electron chi connectivity index (χ4n) is 3.05. The van der Waals surface area contributed by atoms with Crippen molar-refractivity contribution in [3.63, 3.8) is 0 Å². The second-order valence-electron chi connectivity index (χ2n) is 6.34. The SMILES string of the molecule is CC1C(=O)N(c2ccc(Cl)cc2Cl)CCN1C(=O)c1ccc(C(F)(F)F)cc1.